The number of ether oxygens (including phenoxy) is 1. The molecule has 0 radical (unpaired) electrons. The Morgan fingerprint density at radius 1 is 1.47 bits per heavy atom. The summed E-state index contributed by atoms with van der Waals surface area (Å²) in [5.74, 6) is 0.871. The number of benzene rings is 1. The average Bonchev–Trinajstić information content (AvgIpc) is 2.86. The van der Waals surface area contributed by atoms with Gasteiger partial charge in [-0.25, -0.2) is 0 Å². The van der Waals surface area contributed by atoms with Crippen LogP contribution in [0.3, 0.4) is 0 Å². The molecule has 0 bridgehead atoms. The first-order chi connectivity index (χ1) is 8.29. The number of rotatable bonds is 4. The normalized spacial score (nSPS) is 19.0. The lowest BCUT2D eigenvalue weighted by molar-refractivity contribution is -0.117. The van der Waals surface area contributed by atoms with Gasteiger partial charge in [-0.1, -0.05) is 0 Å². The molecule has 1 aromatic rings. The van der Waals surface area contributed by atoms with Crippen LogP contribution in [0.2, 0.25) is 0 Å². The predicted octanol–water partition coefficient (Wildman–Crippen LogP) is 1.78. The Bertz CT molecular complexity index is 370. The summed E-state index contributed by atoms with van der Waals surface area (Å²) in [5, 5.41) is 6.07. The van der Waals surface area contributed by atoms with Crippen molar-refractivity contribution < 1.29 is 9.53 Å². The van der Waals surface area contributed by atoms with Crippen LogP contribution >= 0.6 is 0 Å². The van der Waals surface area contributed by atoms with Crippen LogP contribution < -0.4 is 15.4 Å². The monoisotopic (exact) mass is 234 g/mol. The molecule has 1 fully saturated rings. The molecule has 0 spiro atoms. The minimum atomic E-state index is -0.0402. The molecule has 92 valence electrons. The number of amides is 1. The van der Waals surface area contributed by atoms with Crippen LogP contribution in [0.5, 0.6) is 5.75 Å². The highest BCUT2D eigenvalue weighted by Crippen LogP contribution is 2.16. The smallest absolute Gasteiger partial charge is 0.241 e. The van der Waals surface area contributed by atoms with E-state index in [4.69, 9.17) is 4.74 Å². The van der Waals surface area contributed by atoms with E-state index >= 15 is 0 Å². The van der Waals surface area contributed by atoms with Gasteiger partial charge in [0.2, 0.25) is 5.91 Å². The fourth-order valence-corrected chi connectivity index (χ4v) is 1.94. The van der Waals surface area contributed by atoms with Crippen molar-refractivity contribution in [2.45, 2.75) is 25.8 Å². The number of hydrogen-bond donors (Lipinski definition) is 2. The van der Waals surface area contributed by atoms with E-state index in [2.05, 4.69) is 10.6 Å². The van der Waals surface area contributed by atoms with Gasteiger partial charge >= 0.3 is 0 Å². The lowest BCUT2D eigenvalue weighted by atomic mass is 10.2. The number of carbonyl (C=O) groups is 1. The Labute approximate surface area is 101 Å². The van der Waals surface area contributed by atoms with Gasteiger partial charge in [0.05, 0.1) is 12.6 Å². The number of nitrogens with one attached hydrogen (secondary N) is 2. The highest BCUT2D eigenvalue weighted by molar-refractivity contribution is 5.95. The zero-order valence-electron chi connectivity index (χ0n) is 10.0. The van der Waals surface area contributed by atoms with E-state index in [1.54, 1.807) is 0 Å². The molecule has 4 heteroatoms. The predicted molar refractivity (Wildman–Crippen MR) is 67.3 cm³/mol. The molecule has 1 saturated heterocycles. The van der Waals surface area contributed by atoms with Crippen molar-refractivity contribution >= 4 is 11.6 Å². The van der Waals surface area contributed by atoms with E-state index in [1.807, 2.05) is 31.2 Å². The summed E-state index contributed by atoms with van der Waals surface area (Å²) in [6, 6.07) is 7.40. The van der Waals surface area contributed by atoms with Crippen LogP contribution in [0.25, 0.3) is 0 Å². The molecule has 1 aliphatic heterocycles. The molecule has 0 saturated carbocycles. The standard InChI is InChI=1S/C13H18N2O2/c1-2-17-11-7-5-10(6-8-11)15-13(16)12-4-3-9-14-12/h5-8,12,14H,2-4,9H2,1H3,(H,15,16). The average molecular weight is 234 g/mol. The molecular formula is C13H18N2O2. The van der Waals surface area contributed by atoms with Crippen molar-refractivity contribution in [3.05, 3.63) is 24.3 Å². The highest BCUT2D eigenvalue weighted by Gasteiger charge is 2.21. The largest absolute Gasteiger partial charge is 0.494 e. The van der Waals surface area contributed by atoms with Gasteiger partial charge in [0.25, 0.3) is 0 Å². The summed E-state index contributed by atoms with van der Waals surface area (Å²) >= 11 is 0. The second-order valence-electron chi connectivity index (χ2n) is 4.10. The summed E-state index contributed by atoms with van der Waals surface area (Å²) in [6.45, 7) is 3.53. The van der Waals surface area contributed by atoms with Gasteiger partial charge < -0.3 is 15.4 Å². The van der Waals surface area contributed by atoms with Gasteiger partial charge in [-0.15, -0.1) is 0 Å². The van der Waals surface area contributed by atoms with Crippen molar-refractivity contribution in [1.82, 2.24) is 5.32 Å². The molecular weight excluding hydrogens is 216 g/mol. The minimum Gasteiger partial charge on any atom is -0.494 e. The quantitative estimate of drug-likeness (QED) is 0.835. The summed E-state index contributed by atoms with van der Waals surface area (Å²) in [4.78, 5) is 11.8. The topological polar surface area (TPSA) is 50.4 Å². The third kappa shape index (κ3) is 3.20. The Balaban J connectivity index is 1.91. The number of anilines is 1. The maximum Gasteiger partial charge on any atom is 0.241 e. The Morgan fingerprint density at radius 3 is 2.82 bits per heavy atom. The maximum absolute atomic E-state index is 11.8. The molecule has 4 nitrogen and oxygen atoms in total. The number of carbonyl (C=O) groups excluding carboxylic acids is 1. The summed E-state index contributed by atoms with van der Waals surface area (Å²) in [5.41, 5.74) is 0.812. The first-order valence-electron chi connectivity index (χ1n) is 6.06. The maximum atomic E-state index is 11.8. The Morgan fingerprint density at radius 2 is 2.24 bits per heavy atom. The van der Waals surface area contributed by atoms with Crippen molar-refractivity contribution in [3.8, 4) is 5.75 Å². The third-order valence-corrected chi connectivity index (χ3v) is 2.81. The van der Waals surface area contributed by atoms with E-state index in [9.17, 15) is 4.79 Å². The Hall–Kier alpha value is -1.55. The van der Waals surface area contributed by atoms with Crippen LogP contribution in [0.15, 0.2) is 24.3 Å². The minimum absolute atomic E-state index is 0.0402. The highest BCUT2D eigenvalue weighted by atomic mass is 16.5. The third-order valence-electron chi connectivity index (χ3n) is 2.81. The van der Waals surface area contributed by atoms with Crippen molar-refractivity contribution in [3.63, 3.8) is 0 Å². The lowest BCUT2D eigenvalue weighted by Gasteiger charge is -2.11. The second-order valence-corrected chi connectivity index (χ2v) is 4.10. The first-order valence-corrected chi connectivity index (χ1v) is 6.06. The van der Waals surface area contributed by atoms with Gasteiger partial charge in [0, 0.05) is 5.69 Å². The van der Waals surface area contributed by atoms with Crippen LogP contribution in [0.4, 0.5) is 5.69 Å². The van der Waals surface area contributed by atoms with Gasteiger partial charge in [-0.2, -0.15) is 0 Å². The van der Waals surface area contributed by atoms with Crippen molar-refractivity contribution in [1.29, 1.82) is 0 Å². The van der Waals surface area contributed by atoms with E-state index in [0.29, 0.717) is 6.61 Å². The fraction of sp³-hybridized carbons (Fsp3) is 0.462. The van der Waals surface area contributed by atoms with Gasteiger partial charge in [0.15, 0.2) is 0 Å². The zero-order chi connectivity index (χ0) is 12.1. The number of hydrogen-bond acceptors (Lipinski definition) is 3. The van der Waals surface area contributed by atoms with Crippen LogP contribution in [0.1, 0.15) is 19.8 Å². The zero-order valence-corrected chi connectivity index (χ0v) is 10.0. The molecule has 0 aromatic heterocycles. The van der Waals surface area contributed by atoms with E-state index < -0.39 is 0 Å². The van der Waals surface area contributed by atoms with Gasteiger partial charge in [0.1, 0.15) is 5.75 Å². The molecule has 2 N–H and O–H groups in total. The van der Waals surface area contributed by atoms with Crippen LogP contribution in [-0.4, -0.2) is 25.1 Å². The first kappa shape index (κ1) is 11.9. The summed E-state index contributed by atoms with van der Waals surface area (Å²) in [7, 11) is 0. The van der Waals surface area contributed by atoms with Crippen molar-refractivity contribution in [2.75, 3.05) is 18.5 Å². The van der Waals surface area contributed by atoms with E-state index in [1.165, 1.54) is 0 Å². The molecule has 0 aliphatic carbocycles. The fourth-order valence-electron chi connectivity index (χ4n) is 1.94. The molecule has 17 heavy (non-hydrogen) atoms. The summed E-state index contributed by atoms with van der Waals surface area (Å²) in [6.07, 6.45) is 1.99. The van der Waals surface area contributed by atoms with Gasteiger partial charge in [-0.05, 0) is 50.6 Å². The van der Waals surface area contributed by atoms with E-state index in [-0.39, 0.29) is 11.9 Å². The molecule has 1 unspecified atom stereocenters. The van der Waals surface area contributed by atoms with Crippen molar-refractivity contribution in [2.24, 2.45) is 0 Å². The lowest BCUT2D eigenvalue weighted by Crippen LogP contribution is -2.35. The molecule has 1 heterocycles. The van der Waals surface area contributed by atoms with Crippen LogP contribution in [-0.2, 0) is 4.79 Å². The SMILES string of the molecule is CCOc1ccc(NC(=O)C2CCCN2)cc1. The van der Waals surface area contributed by atoms with E-state index in [0.717, 1.165) is 30.8 Å². The Kier molecular flexibility index (Phi) is 3.98. The molecule has 1 aliphatic rings. The molecule has 1 atom stereocenters. The van der Waals surface area contributed by atoms with Crippen LogP contribution in [0, 0.1) is 0 Å². The summed E-state index contributed by atoms with van der Waals surface area (Å²) < 4.78 is 5.34. The molecule has 2 rings (SSSR count). The van der Waals surface area contributed by atoms with Gasteiger partial charge in [-0.3, -0.25) is 4.79 Å². The molecule has 1 amide bonds. The molecule has 1 aromatic carbocycles. The second kappa shape index (κ2) is 5.68.